The molecule has 152 valence electrons. The second-order valence-corrected chi connectivity index (χ2v) is 9.01. The van der Waals surface area contributed by atoms with Crippen LogP contribution in [0.1, 0.15) is 35.9 Å². The number of carbonyl (C=O) groups is 1. The SMILES string of the molecule is CSc1ncc(C(=O)Nc2nc(CN3CCCC(C)C3)cs2)n1-c1ccccc1. The molecule has 2 aromatic heterocycles. The average Bonchev–Trinajstić information content (AvgIpc) is 3.35. The zero-order valence-corrected chi connectivity index (χ0v) is 18.3. The van der Waals surface area contributed by atoms with Crippen LogP contribution >= 0.6 is 23.1 Å². The molecule has 3 aromatic rings. The van der Waals surface area contributed by atoms with Crippen molar-refractivity contribution in [2.75, 3.05) is 24.7 Å². The molecule has 0 aliphatic carbocycles. The van der Waals surface area contributed by atoms with E-state index in [2.05, 4.69) is 27.1 Å². The maximum absolute atomic E-state index is 13.0. The molecule has 1 fully saturated rings. The van der Waals surface area contributed by atoms with Crippen molar-refractivity contribution in [2.24, 2.45) is 5.92 Å². The van der Waals surface area contributed by atoms with Gasteiger partial charge in [0.15, 0.2) is 10.3 Å². The van der Waals surface area contributed by atoms with Crippen LogP contribution in [0, 0.1) is 5.92 Å². The number of imidazole rings is 1. The van der Waals surface area contributed by atoms with E-state index in [0.29, 0.717) is 10.8 Å². The number of para-hydroxylation sites is 1. The van der Waals surface area contributed by atoms with Gasteiger partial charge in [0.25, 0.3) is 5.91 Å². The Balaban J connectivity index is 1.48. The first kappa shape index (κ1) is 20.1. The summed E-state index contributed by atoms with van der Waals surface area (Å²) in [5.74, 6) is 0.541. The molecule has 0 radical (unpaired) electrons. The van der Waals surface area contributed by atoms with Crippen molar-refractivity contribution in [3.8, 4) is 5.69 Å². The number of benzene rings is 1. The van der Waals surface area contributed by atoms with Crippen LogP contribution in [0.3, 0.4) is 0 Å². The highest BCUT2D eigenvalue weighted by Crippen LogP contribution is 2.24. The van der Waals surface area contributed by atoms with Gasteiger partial charge >= 0.3 is 0 Å². The Hall–Kier alpha value is -2.16. The largest absolute Gasteiger partial charge is 0.297 e. The third-order valence-corrected chi connectivity index (χ3v) is 6.52. The number of likely N-dealkylation sites (tertiary alicyclic amines) is 1. The summed E-state index contributed by atoms with van der Waals surface area (Å²) in [6, 6.07) is 9.81. The van der Waals surface area contributed by atoms with E-state index in [1.807, 2.05) is 46.5 Å². The topological polar surface area (TPSA) is 63.1 Å². The van der Waals surface area contributed by atoms with E-state index in [1.165, 1.54) is 35.9 Å². The molecular formula is C21H25N5OS2. The molecule has 1 aliphatic heterocycles. The first-order valence-electron chi connectivity index (χ1n) is 9.79. The average molecular weight is 428 g/mol. The van der Waals surface area contributed by atoms with E-state index in [-0.39, 0.29) is 5.91 Å². The number of nitrogens with zero attached hydrogens (tertiary/aromatic N) is 4. The van der Waals surface area contributed by atoms with Gasteiger partial charge in [-0.3, -0.25) is 19.6 Å². The summed E-state index contributed by atoms with van der Waals surface area (Å²) < 4.78 is 1.88. The van der Waals surface area contributed by atoms with Crippen molar-refractivity contribution in [1.29, 1.82) is 0 Å². The van der Waals surface area contributed by atoms with Crippen LogP contribution in [0.4, 0.5) is 5.13 Å². The van der Waals surface area contributed by atoms with Gasteiger partial charge in [-0.05, 0) is 43.7 Å². The number of aromatic nitrogens is 3. The molecule has 0 spiro atoms. The van der Waals surface area contributed by atoms with Crippen molar-refractivity contribution in [1.82, 2.24) is 19.4 Å². The highest BCUT2D eigenvalue weighted by Gasteiger charge is 2.20. The number of piperidine rings is 1. The molecule has 4 rings (SSSR count). The van der Waals surface area contributed by atoms with Crippen LogP contribution in [-0.4, -0.2) is 44.7 Å². The van der Waals surface area contributed by atoms with Crippen molar-refractivity contribution in [3.63, 3.8) is 0 Å². The van der Waals surface area contributed by atoms with Crippen LogP contribution in [0.15, 0.2) is 47.1 Å². The minimum Gasteiger partial charge on any atom is -0.297 e. The van der Waals surface area contributed by atoms with Crippen LogP contribution in [0.5, 0.6) is 0 Å². The third-order valence-electron chi connectivity index (χ3n) is 5.06. The van der Waals surface area contributed by atoms with Crippen LogP contribution < -0.4 is 5.32 Å². The number of anilines is 1. The van der Waals surface area contributed by atoms with Gasteiger partial charge in [-0.2, -0.15) is 0 Å². The van der Waals surface area contributed by atoms with Crippen molar-refractivity contribution < 1.29 is 4.79 Å². The summed E-state index contributed by atoms with van der Waals surface area (Å²) in [4.78, 5) is 24.4. The van der Waals surface area contributed by atoms with Gasteiger partial charge in [-0.1, -0.05) is 36.9 Å². The van der Waals surface area contributed by atoms with Crippen molar-refractivity contribution in [2.45, 2.75) is 31.5 Å². The maximum atomic E-state index is 13.0. The Morgan fingerprint density at radius 2 is 2.17 bits per heavy atom. The fourth-order valence-corrected chi connectivity index (χ4v) is 4.96. The fraction of sp³-hybridized carbons (Fsp3) is 0.381. The Kier molecular flexibility index (Phi) is 6.32. The number of carbonyl (C=O) groups excluding carboxylic acids is 1. The summed E-state index contributed by atoms with van der Waals surface area (Å²) in [5.41, 5.74) is 2.43. The molecule has 1 saturated heterocycles. The zero-order chi connectivity index (χ0) is 20.2. The highest BCUT2D eigenvalue weighted by atomic mass is 32.2. The Morgan fingerprint density at radius 1 is 1.34 bits per heavy atom. The van der Waals surface area contributed by atoms with E-state index in [0.717, 1.165) is 42.1 Å². The molecule has 1 aromatic carbocycles. The molecule has 0 saturated carbocycles. The molecule has 1 aliphatic rings. The zero-order valence-electron chi connectivity index (χ0n) is 16.7. The number of hydrogen-bond acceptors (Lipinski definition) is 6. The van der Waals surface area contributed by atoms with Gasteiger partial charge in [0, 0.05) is 24.2 Å². The molecule has 1 N–H and O–H groups in total. The summed E-state index contributed by atoms with van der Waals surface area (Å²) in [6.07, 6.45) is 6.13. The number of thioether (sulfide) groups is 1. The number of thiazole rings is 1. The molecule has 0 bridgehead atoms. The van der Waals surface area contributed by atoms with Gasteiger partial charge < -0.3 is 0 Å². The van der Waals surface area contributed by atoms with Gasteiger partial charge in [0.1, 0.15) is 5.69 Å². The maximum Gasteiger partial charge on any atom is 0.276 e. The minimum absolute atomic E-state index is 0.200. The van der Waals surface area contributed by atoms with E-state index >= 15 is 0 Å². The second-order valence-electron chi connectivity index (χ2n) is 7.38. The molecule has 6 nitrogen and oxygen atoms in total. The Morgan fingerprint density at radius 3 is 2.93 bits per heavy atom. The number of hydrogen-bond donors (Lipinski definition) is 1. The number of rotatable bonds is 6. The molecule has 1 amide bonds. The summed E-state index contributed by atoms with van der Waals surface area (Å²) in [5, 5.41) is 6.40. The van der Waals surface area contributed by atoms with Gasteiger partial charge in [-0.25, -0.2) is 9.97 Å². The lowest BCUT2D eigenvalue weighted by Crippen LogP contribution is -2.33. The van der Waals surface area contributed by atoms with E-state index < -0.39 is 0 Å². The minimum atomic E-state index is -0.200. The monoisotopic (exact) mass is 427 g/mol. The first-order valence-corrected chi connectivity index (χ1v) is 11.9. The normalized spacial score (nSPS) is 17.4. The lowest BCUT2D eigenvalue weighted by molar-refractivity contribution is 0.102. The van der Waals surface area contributed by atoms with Crippen LogP contribution in [0.2, 0.25) is 0 Å². The predicted octanol–water partition coefficient (Wildman–Crippen LogP) is 4.53. The van der Waals surface area contributed by atoms with E-state index in [4.69, 9.17) is 0 Å². The molecule has 8 heteroatoms. The Bertz CT molecular complexity index is 969. The Labute approximate surface area is 179 Å². The van der Waals surface area contributed by atoms with Gasteiger partial charge in [-0.15, -0.1) is 11.3 Å². The molecule has 1 atom stereocenters. The van der Waals surface area contributed by atoms with Crippen molar-refractivity contribution >= 4 is 34.1 Å². The lowest BCUT2D eigenvalue weighted by atomic mass is 10.0. The summed E-state index contributed by atoms with van der Waals surface area (Å²) >= 11 is 2.98. The quantitative estimate of drug-likeness (QED) is 0.586. The standard InChI is InChI=1S/C21H25N5OS2/c1-15-7-6-10-25(12-15)13-16-14-29-20(23-16)24-19(27)18-11-22-21(28-2)26(18)17-8-4-3-5-9-17/h3-5,8-9,11,14-15H,6-7,10,12-13H2,1-2H3,(H,23,24,27). The molecule has 29 heavy (non-hydrogen) atoms. The highest BCUT2D eigenvalue weighted by molar-refractivity contribution is 7.98. The predicted molar refractivity (Wildman–Crippen MR) is 119 cm³/mol. The lowest BCUT2D eigenvalue weighted by Gasteiger charge is -2.30. The number of nitrogens with one attached hydrogen (secondary N) is 1. The van der Waals surface area contributed by atoms with Crippen molar-refractivity contribution in [3.05, 3.63) is 53.3 Å². The third kappa shape index (κ3) is 4.71. The van der Waals surface area contributed by atoms with Gasteiger partial charge in [0.05, 0.1) is 11.9 Å². The summed E-state index contributed by atoms with van der Waals surface area (Å²) in [7, 11) is 0. The van der Waals surface area contributed by atoms with E-state index in [1.54, 1.807) is 6.20 Å². The first-order chi connectivity index (χ1) is 14.1. The molecular weight excluding hydrogens is 402 g/mol. The summed E-state index contributed by atoms with van der Waals surface area (Å²) in [6.45, 7) is 5.39. The van der Waals surface area contributed by atoms with E-state index in [9.17, 15) is 4.79 Å². The number of amides is 1. The smallest absolute Gasteiger partial charge is 0.276 e. The van der Waals surface area contributed by atoms with Gasteiger partial charge in [0.2, 0.25) is 0 Å². The molecule has 1 unspecified atom stereocenters. The second kappa shape index (κ2) is 9.11. The fourth-order valence-electron chi connectivity index (χ4n) is 3.72. The van der Waals surface area contributed by atoms with Crippen LogP contribution in [0.25, 0.3) is 5.69 Å². The van der Waals surface area contributed by atoms with Crippen LogP contribution in [-0.2, 0) is 6.54 Å². The molecule has 3 heterocycles.